The lowest BCUT2D eigenvalue weighted by Gasteiger charge is -2.08. The minimum Gasteiger partial charge on any atom is -0.313 e. The Morgan fingerprint density at radius 3 is 3.05 bits per heavy atom. The van der Waals surface area contributed by atoms with E-state index in [2.05, 4.69) is 20.8 Å². The number of anilines is 1. The highest BCUT2D eigenvalue weighted by molar-refractivity contribution is 7.18. The Morgan fingerprint density at radius 2 is 2.29 bits per heavy atom. The van der Waals surface area contributed by atoms with E-state index in [-0.39, 0.29) is 11.9 Å². The van der Waals surface area contributed by atoms with Gasteiger partial charge in [-0.1, -0.05) is 41.1 Å². The first-order valence-corrected chi connectivity index (χ1v) is 8.03. The van der Waals surface area contributed by atoms with E-state index in [1.54, 1.807) is 0 Å². The van der Waals surface area contributed by atoms with Gasteiger partial charge in [0.05, 0.1) is 5.02 Å². The highest BCUT2D eigenvalue weighted by atomic mass is 35.5. The van der Waals surface area contributed by atoms with Crippen LogP contribution in [0.3, 0.4) is 0 Å². The van der Waals surface area contributed by atoms with Crippen LogP contribution in [-0.4, -0.2) is 28.7 Å². The van der Waals surface area contributed by atoms with Crippen LogP contribution in [-0.2, 0) is 4.79 Å². The second kappa shape index (κ2) is 6.51. The lowest BCUT2D eigenvalue weighted by molar-refractivity contribution is -0.116. The number of aromatic nitrogens is 2. The average Bonchev–Trinajstić information content (AvgIpc) is 3.11. The zero-order valence-corrected chi connectivity index (χ0v) is 12.9. The second-order valence-electron chi connectivity index (χ2n) is 4.94. The Labute approximate surface area is 131 Å². The molecule has 0 bridgehead atoms. The Balaban J connectivity index is 1.65. The number of nitrogens with zero attached hydrogens (tertiary/aromatic N) is 2. The van der Waals surface area contributed by atoms with Gasteiger partial charge in [-0.15, -0.1) is 10.2 Å². The van der Waals surface area contributed by atoms with Gasteiger partial charge in [0.1, 0.15) is 0 Å². The first-order valence-electron chi connectivity index (χ1n) is 6.84. The molecule has 0 spiro atoms. The fourth-order valence-corrected chi connectivity index (χ4v) is 3.42. The van der Waals surface area contributed by atoms with Crippen LogP contribution in [0.4, 0.5) is 5.13 Å². The first-order chi connectivity index (χ1) is 10.2. The van der Waals surface area contributed by atoms with Crippen LogP contribution in [0, 0.1) is 0 Å². The van der Waals surface area contributed by atoms with Crippen molar-refractivity contribution in [2.75, 3.05) is 11.9 Å². The van der Waals surface area contributed by atoms with Crippen LogP contribution in [0.1, 0.15) is 19.3 Å². The summed E-state index contributed by atoms with van der Waals surface area (Å²) in [6, 6.07) is 7.73. The van der Waals surface area contributed by atoms with E-state index in [0.29, 0.717) is 21.6 Å². The van der Waals surface area contributed by atoms with Gasteiger partial charge < -0.3 is 10.6 Å². The first kappa shape index (κ1) is 14.4. The number of halogens is 1. The van der Waals surface area contributed by atoms with E-state index >= 15 is 0 Å². The molecular formula is C14H15ClN4OS. The summed E-state index contributed by atoms with van der Waals surface area (Å²) in [5.41, 5.74) is 0.828. The van der Waals surface area contributed by atoms with Gasteiger partial charge in [0.25, 0.3) is 0 Å². The molecule has 1 aliphatic rings. The van der Waals surface area contributed by atoms with Gasteiger partial charge in [0.15, 0.2) is 5.01 Å². The summed E-state index contributed by atoms with van der Waals surface area (Å²) in [7, 11) is 0. The van der Waals surface area contributed by atoms with Crippen molar-refractivity contribution in [3.8, 4) is 10.6 Å². The number of carbonyl (C=O) groups excluding carboxylic acids is 1. The highest BCUT2D eigenvalue weighted by Crippen LogP contribution is 2.31. The standard InChI is InChI=1S/C14H15ClN4OS/c15-11-6-2-1-5-10(11)13-18-19-14(21-13)17-12(20)8-9-4-3-7-16-9/h1-2,5-6,9,16H,3-4,7-8H2,(H,17,19,20). The van der Waals surface area contributed by atoms with E-state index in [1.165, 1.54) is 11.3 Å². The molecule has 1 aliphatic heterocycles. The highest BCUT2D eigenvalue weighted by Gasteiger charge is 2.18. The van der Waals surface area contributed by atoms with Crippen LogP contribution in [0.5, 0.6) is 0 Å². The number of carbonyl (C=O) groups is 1. The van der Waals surface area contributed by atoms with Crippen molar-refractivity contribution in [3.63, 3.8) is 0 Å². The molecule has 2 aromatic rings. The lowest BCUT2D eigenvalue weighted by atomic mass is 10.1. The second-order valence-corrected chi connectivity index (χ2v) is 6.32. The Morgan fingerprint density at radius 1 is 1.43 bits per heavy atom. The van der Waals surface area contributed by atoms with Crippen molar-refractivity contribution in [1.82, 2.24) is 15.5 Å². The number of rotatable bonds is 4. The Kier molecular flexibility index (Phi) is 4.48. The predicted molar refractivity (Wildman–Crippen MR) is 84.6 cm³/mol. The van der Waals surface area contributed by atoms with Crippen LogP contribution < -0.4 is 10.6 Å². The molecule has 2 N–H and O–H groups in total. The third kappa shape index (κ3) is 3.58. The Hall–Kier alpha value is -1.50. The number of amides is 1. The number of benzene rings is 1. The van der Waals surface area contributed by atoms with Crippen LogP contribution in [0.25, 0.3) is 10.6 Å². The van der Waals surface area contributed by atoms with E-state index in [1.807, 2.05) is 24.3 Å². The monoisotopic (exact) mass is 322 g/mol. The van der Waals surface area contributed by atoms with Crippen LogP contribution in [0.2, 0.25) is 5.02 Å². The summed E-state index contributed by atoms with van der Waals surface area (Å²) in [5.74, 6) is -0.0312. The molecule has 0 saturated carbocycles. The van der Waals surface area contributed by atoms with Gasteiger partial charge in [0, 0.05) is 18.0 Å². The molecular weight excluding hydrogens is 308 g/mol. The molecule has 0 radical (unpaired) electrons. The summed E-state index contributed by atoms with van der Waals surface area (Å²) >= 11 is 7.46. The molecule has 3 rings (SSSR count). The fraction of sp³-hybridized carbons (Fsp3) is 0.357. The van der Waals surface area contributed by atoms with Crippen molar-refractivity contribution in [3.05, 3.63) is 29.3 Å². The molecule has 1 amide bonds. The van der Waals surface area contributed by atoms with Gasteiger partial charge in [-0.25, -0.2) is 0 Å². The van der Waals surface area contributed by atoms with Gasteiger partial charge in [-0.05, 0) is 25.5 Å². The van der Waals surface area contributed by atoms with E-state index < -0.39 is 0 Å². The normalized spacial score (nSPS) is 17.9. The van der Waals surface area contributed by atoms with Crippen molar-refractivity contribution in [2.45, 2.75) is 25.3 Å². The molecule has 1 aromatic carbocycles. The molecule has 7 heteroatoms. The minimum absolute atomic E-state index is 0.0312. The van der Waals surface area contributed by atoms with E-state index in [4.69, 9.17) is 11.6 Å². The SMILES string of the molecule is O=C(CC1CCCN1)Nc1nnc(-c2ccccc2Cl)s1. The average molecular weight is 323 g/mol. The van der Waals surface area contributed by atoms with Gasteiger partial charge >= 0.3 is 0 Å². The largest absolute Gasteiger partial charge is 0.313 e. The Bertz CT molecular complexity index is 639. The quantitative estimate of drug-likeness (QED) is 0.908. The van der Waals surface area contributed by atoms with Crippen LogP contribution >= 0.6 is 22.9 Å². The van der Waals surface area contributed by atoms with Crippen molar-refractivity contribution in [2.24, 2.45) is 0 Å². The summed E-state index contributed by atoms with van der Waals surface area (Å²) in [6.07, 6.45) is 2.66. The molecule has 1 atom stereocenters. The zero-order chi connectivity index (χ0) is 14.7. The topological polar surface area (TPSA) is 66.9 Å². The van der Waals surface area contributed by atoms with Gasteiger partial charge in [0.2, 0.25) is 11.0 Å². The van der Waals surface area contributed by atoms with Crippen molar-refractivity contribution < 1.29 is 4.79 Å². The predicted octanol–water partition coefficient (Wildman–Crippen LogP) is 2.94. The van der Waals surface area contributed by atoms with Crippen molar-refractivity contribution in [1.29, 1.82) is 0 Å². The summed E-state index contributed by atoms with van der Waals surface area (Å²) in [6.45, 7) is 0.993. The smallest absolute Gasteiger partial charge is 0.227 e. The van der Waals surface area contributed by atoms with E-state index in [9.17, 15) is 4.79 Å². The van der Waals surface area contributed by atoms with Crippen LogP contribution in [0.15, 0.2) is 24.3 Å². The number of hydrogen-bond acceptors (Lipinski definition) is 5. The molecule has 2 heterocycles. The van der Waals surface area contributed by atoms with E-state index in [0.717, 1.165) is 24.9 Å². The molecule has 1 unspecified atom stereocenters. The molecule has 21 heavy (non-hydrogen) atoms. The molecule has 5 nitrogen and oxygen atoms in total. The summed E-state index contributed by atoms with van der Waals surface area (Å²) in [5, 5.41) is 16.0. The minimum atomic E-state index is -0.0312. The third-order valence-corrected chi connectivity index (χ3v) is 4.57. The number of hydrogen-bond donors (Lipinski definition) is 2. The molecule has 110 valence electrons. The maximum Gasteiger partial charge on any atom is 0.227 e. The third-order valence-electron chi connectivity index (χ3n) is 3.37. The number of nitrogens with one attached hydrogen (secondary N) is 2. The summed E-state index contributed by atoms with van der Waals surface area (Å²) in [4.78, 5) is 11.9. The molecule has 1 fully saturated rings. The lowest BCUT2D eigenvalue weighted by Crippen LogP contribution is -2.27. The molecule has 0 aliphatic carbocycles. The van der Waals surface area contributed by atoms with Gasteiger partial charge in [-0.3, -0.25) is 4.79 Å². The fourth-order valence-electron chi connectivity index (χ4n) is 2.34. The zero-order valence-electron chi connectivity index (χ0n) is 11.3. The van der Waals surface area contributed by atoms with Crippen molar-refractivity contribution >= 4 is 34.0 Å². The maximum absolute atomic E-state index is 11.9. The summed E-state index contributed by atoms with van der Waals surface area (Å²) < 4.78 is 0. The molecule has 1 aromatic heterocycles. The molecule has 1 saturated heterocycles. The maximum atomic E-state index is 11.9. The van der Waals surface area contributed by atoms with Gasteiger partial charge in [-0.2, -0.15) is 0 Å².